The number of hydrogen-bond acceptors (Lipinski definition) is 4. The lowest BCUT2D eigenvalue weighted by Gasteiger charge is -2.22. The Bertz CT molecular complexity index is 580. The van der Waals surface area contributed by atoms with Gasteiger partial charge >= 0.3 is 5.97 Å². The SMILES string of the molecule is COc1ccc(C(C)(O)c2occc2C(=O)O)cc1. The lowest BCUT2D eigenvalue weighted by atomic mass is 9.91. The molecule has 1 aromatic carbocycles. The second-order valence-corrected chi connectivity index (χ2v) is 4.27. The average Bonchev–Trinajstić information content (AvgIpc) is 2.89. The number of ether oxygens (including phenoxy) is 1. The highest BCUT2D eigenvalue weighted by Crippen LogP contribution is 2.33. The van der Waals surface area contributed by atoms with Gasteiger partial charge in [-0.1, -0.05) is 12.1 Å². The zero-order valence-corrected chi connectivity index (χ0v) is 10.6. The van der Waals surface area contributed by atoms with Crippen LogP contribution >= 0.6 is 0 Å². The molecule has 0 radical (unpaired) electrons. The Labute approximate surface area is 110 Å². The molecule has 0 aliphatic carbocycles. The molecule has 1 unspecified atom stereocenters. The van der Waals surface area contributed by atoms with Crippen molar-refractivity contribution in [3.8, 4) is 5.75 Å². The molecule has 2 rings (SSSR count). The van der Waals surface area contributed by atoms with Crippen LogP contribution in [0.4, 0.5) is 0 Å². The fraction of sp³-hybridized carbons (Fsp3) is 0.214. The van der Waals surface area contributed by atoms with E-state index in [-0.39, 0.29) is 11.3 Å². The van der Waals surface area contributed by atoms with Gasteiger partial charge in [-0.15, -0.1) is 0 Å². The molecule has 2 N–H and O–H groups in total. The Morgan fingerprint density at radius 3 is 2.42 bits per heavy atom. The maximum atomic E-state index is 11.1. The number of aromatic carboxylic acids is 1. The van der Waals surface area contributed by atoms with E-state index in [1.165, 1.54) is 19.3 Å². The molecule has 1 atom stereocenters. The molecule has 0 aliphatic rings. The number of carbonyl (C=O) groups is 1. The second kappa shape index (κ2) is 4.78. The van der Waals surface area contributed by atoms with E-state index < -0.39 is 11.6 Å². The molecule has 0 aliphatic heterocycles. The van der Waals surface area contributed by atoms with Gasteiger partial charge in [0.25, 0.3) is 0 Å². The smallest absolute Gasteiger partial charge is 0.339 e. The highest BCUT2D eigenvalue weighted by molar-refractivity contribution is 5.89. The van der Waals surface area contributed by atoms with Gasteiger partial charge in [0.1, 0.15) is 16.9 Å². The minimum absolute atomic E-state index is 0.00478. The Balaban J connectivity index is 2.45. The summed E-state index contributed by atoms with van der Waals surface area (Å²) in [7, 11) is 1.54. The van der Waals surface area contributed by atoms with Crippen molar-refractivity contribution in [2.45, 2.75) is 12.5 Å². The van der Waals surface area contributed by atoms with Gasteiger partial charge in [0.15, 0.2) is 5.76 Å². The lowest BCUT2D eigenvalue weighted by Crippen LogP contribution is -2.24. The van der Waals surface area contributed by atoms with Crippen LogP contribution in [-0.4, -0.2) is 23.3 Å². The van der Waals surface area contributed by atoms with E-state index in [4.69, 9.17) is 14.3 Å². The maximum Gasteiger partial charge on any atom is 0.339 e. The number of aliphatic hydroxyl groups is 1. The molecule has 0 saturated heterocycles. The summed E-state index contributed by atoms with van der Waals surface area (Å²) in [4.78, 5) is 11.1. The molecule has 1 aromatic heterocycles. The Kier molecular flexibility index (Phi) is 3.31. The van der Waals surface area contributed by atoms with Crippen LogP contribution in [0.5, 0.6) is 5.75 Å². The van der Waals surface area contributed by atoms with Gasteiger partial charge < -0.3 is 19.4 Å². The molecule has 1 heterocycles. The third kappa shape index (κ3) is 2.32. The van der Waals surface area contributed by atoms with Crippen LogP contribution in [0.25, 0.3) is 0 Å². The van der Waals surface area contributed by atoms with Crippen molar-refractivity contribution in [2.24, 2.45) is 0 Å². The third-order valence-electron chi connectivity index (χ3n) is 2.99. The third-order valence-corrected chi connectivity index (χ3v) is 2.99. The molecular weight excluding hydrogens is 248 g/mol. The minimum atomic E-state index is -1.52. The first-order valence-corrected chi connectivity index (χ1v) is 5.65. The number of carboxylic acid groups (broad SMARTS) is 1. The Hall–Kier alpha value is -2.27. The first-order chi connectivity index (χ1) is 8.96. The number of carboxylic acids is 1. The fourth-order valence-electron chi connectivity index (χ4n) is 1.90. The molecule has 5 nitrogen and oxygen atoms in total. The number of rotatable bonds is 4. The quantitative estimate of drug-likeness (QED) is 0.883. The number of benzene rings is 1. The van der Waals surface area contributed by atoms with E-state index in [0.717, 1.165) is 0 Å². The summed E-state index contributed by atoms with van der Waals surface area (Å²) in [5, 5.41) is 19.6. The highest BCUT2D eigenvalue weighted by atomic mass is 16.5. The number of hydrogen-bond donors (Lipinski definition) is 2. The van der Waals surface area contributed by atoms with E-state index in [0.29, 0.717) is 11.3 Å². The Morgan fingerprint density at radius 1 is 1.26 bits per heavy atom. The van der Waals surface area contributed by atoms with E-state index >= 15 is 0 Å². The normalized spacial score (nSPS) is 13.8. The summed E-state index contributed by atoms with van der Waals surface area (Å²) in [6.45, 7) is 1.49. The van der Waals surface area contributed by atoms with Crippen LogP contribution in [-0.2, 0) is 5.60 Å². The van der Waals surface area contributed by atoms with Crippen molar-refractivity contribution in [1.82, 2.24) is 0 Å². The van der Waals surface area contributed by atoms with Gasteiger partial charge in [0, 0.05) is 0 Å². The van der Waals surface area contributed by atoms with Crippen molar-refractivity contribution in [3.63, 3.8) is 0 Å². The fourth-order valence-corrected chi connectivity index (χ4v) is 1.90. The minimum Gasteiger partial charge on any atom is -0.497 e. The van der Waals surface area contributed by atoms with Gasteiger partial charge in [-0.05, 0) is 30.7 Å². The van der Waals surface area contributed by atoms with Gasteiger partial charge in [-0.25, -0.2) is 4.79 Å². The summed E-state index contributed by atoms with van der Waals surface area (Å²) in [5.41, 5.74) is -1.06. The molecule has 100 valence electrons. The molecule has 5 heteroatoms. The van der Waals surface area contributed by atoms with Gasteiger partial charge in [-0.3, -0.25) is 0 Å². The zero-order chi connectivity index (χ0) is 14.0. The molecule has 0 spiro atoms. The van der Waals surface area contributed by atoms with Crippen molar-refractivity contribution in [2.75, 3.05) is 7.11 Å². The van der Waals surface area contributed by atoms with Crippen LogP contribution < -0.4 is 4.74 Å². The summed E-state index contributed by atoms with van der Waals surface area (Å²) in [6.07, 6.45) is 1.25. The van der Waals surface area contributed by atoms with Gasteiger partial charge in [-0.2, -0.15) is 0 Å². The predicted octanol–water partition coefficient (Wildman–Crippen LogP) is 2.24. The second-order valence-electron chi connectivity index (χ2n) is 4.27. The monoisotopic (exact) mass is 262 g/mol. The summed E-state index contributed by atoms with van der Waals surface area (Å²) >= 11 is 0. The zero-order valence-electron chi connectivity index (χ0n) is 10.6. The first kappa shape index (κ1) is 13.2. The van der Waals surface area contributed by atoms with Crippen molar-refractivity contribution in [1.29, 1.82) is 0 Å². The predicted molar refractivity (Wildman–Crippen MR) is 67.3 cm³/mol. The first-order valence-electron chi connectivity index (χ1n) is 5.65. The molecule has 2 aromatic rings. The van der Waals surface area contributed by atoms with Crippen molar-refractivity contribution < 1.29 is 24.2 Å². The highest BCUT2D eigenvalue weighted by Gasteiger charge is 2.33. The lowest BCUT2D eigenvalue weighted by molar-refractivity contribution is 0.0615. The van der Waals surface area contributed by atoms with Gasteiger partial charge in [0.05, 0.1) is 13.4 Å². The van der Waals surface area contributed by atoms with Gasteiger partial charge in [0.2, 0.25) is 0 Å². The van der Waals surface area contributed by atoms with Crippen molar-refractivity contribution in [3.05, 3.63) is 53.5 Å². The molecule has 0 saturated carbocycles. The standard InChI is InChI=1S/C14H14O5/c1-14(17,9-3-5-10(18-2)6-4-9)12-11(13(15)16)7-8-19-12/h3-8,17H,1-2H3,(H,15,16). The van der Waals surface area contributed by atoms with Crippen LogP contribution in [0.15, 0.2) is 41.0 Å². The van der Waals surface area contributed by atoms with E-state index in [1.54, 1.807) is 31.4 Å². The molecule has 19 heavy (non-hydrogen) atoms. The summed E-state index contributed by atoms with van der Waals surface area (Å²) in [5.74, 6) is -0.486. The van der Waals surface area contributed by atoms with E-state index in [2.05, 4.69) is 0 Å². The Morgan fingerprint density at radius 2 is 1.89 bits per heavy atom. The maximum absolute atomic E-state index is 11.1. The number of methoxy groups -OCH3 is 1. The van der Waals surface area contributed by atoms with Crippen LogP contribution in [0.2, 0.25) is 0 Å². The summed E-state index contributed by atoms with van der Waals surface area (Å²) < 4.78 is 10.2. The summed E-state index contributed by atoms with van der Waals surface area (Å²) in [6, 6.07) is 8.01. The van der Waals surface area contributed by atoms with Crippen LogP contribution in [0.1, 0.15) is 28.6 Å². The molecule has 0 amide bonds. The van der Waals surface area contributed by atoms with Crippen LogP contribution in [0, 0.1) is 0 Å². The van der Waals surface area contributed by atoms with Crippen molar-refractivity contribution >= 4 is 5.97 Å². The topological polar surface area (TPSA) is 79.9 Å². The van der Waals surface area contributed by atoms with E-state index in [1.807, 2.05) is 0 Å². The molecule has 0 fully saturated rings. The van der Waals surface area contributed by atoms with E-state index in [9.17, 15) is 9.90 Å². The number of furan rings is 1. The average molecular weight is 262 g/mol. The van der Waals surface area contributed by atoms with Crippen LogP contribution in [0.3, 0.4) is 0 Å². The molecular formula is C14H14O5. The largest absolute Gasteiger partial charge is 0.497 e. The molecule has 0 bridgehead atoms.